The molecule has 0 aliphatic carbocycles. The highest BCUT2D eigenvalue weighted by molar-refractivity contribution is 9.10. The third-order valence-corrected chi connectivity index (χ3v) is 2.46. The van der Waals surface area contributed by atoms with Crippen molar-refractivity contribution in [3.05, 3.63) is 22.7 Å². The summed E-state index contributed by atoms with van der Waals surface area (Å²) in [6.45, 7) is 0.622. The molecule has 1 aliphatic rings. The monoisotopic (exact) mass is 282 g/mol. The van der Waals surface area contributed by atoms with Gasteiger partial charge in [-0.3, -0.25) is 0 Å². The second kappa shape index (κ2) is 3.04. The van der Waals surface area contributed by atoms with Crippen molar-refractivity contribution >= 4 is 15.9 Å². The van der Waals surface area contributed by atoms with Crippen molar-refractivity contribution in [3.8, 4) is 11.5 Å². The molecule has 0 amide bonds. The van der Waals surface area contributed by atoms with Crippen LogP contribution < -0.4 is 9.47 Å². The third kappa shape index (κ3) is 1.67. The molecule has 0 N–H and O–H groups in total. The highest BCUT2D eigenvalue weighted by Crippen LogP contribution is 2.46. The van der Waals surface area contributed by atoms with Gasteiger partial charge in [0.25, 0.3) is 0 Å². The molecule has 1 aromatic carbocycles. The van der Waals surface area contributed by atoms with Gasteiger partial charge in [-0.1, -0.05) is 15.9 Å². The molecule has 1 aromatic rings. The minimum atomic E-state index is -3.99. The number of alkyl halides is 3. The standard InChI is InChI=1S/C9H6BrF3O2/c1-8(11)9(12,13)15-6-3-2-5(10)4-7(6)14-8/h2-4H,1H3. The van der Waals surface area contributed by atoms with Crippen molar-refractivity contribution < 1.29 is 22.6 Å². The van der Waals surface area contributed by atoms with Crippen LogP contribution in [-0.4, -0.2) is 12.0 Å². The SMILES string of the molecule is CC1(F)Oc2cc(Br)ccc2OC1(F)F. The Kier molecular flexibility index (Phi) is 2.15. The fourth-order valence-corrected chi connectivity index (χ4v) is 1.48. The van der Waals surface area contributed by atoms with Gasteiger partial charge in [-0.25, -0.2) is 0 Å². The average molecular weight is 283 g/mol. The van der Waals surface area contributed by atoms with Crippen molar-refractivity contribution in [3.63, 3.8) is 0 Å². The molecule has 2 nitrogen and oxygen atoms in total. The van der Waals surface area contributed by atoms with Crippen LogP contribution in [-0.2, 0) is 0 Å². The zero-order valence-electron chi connectivity index (χ0n) is 7.56. The van der Waals surface area contributed by atoms with Crippen LogP contribution in [0.25, 0.3) is 0 Å². The molecule has 0 radical (unpaired) electrons. The summed E-state index contributed by atoms with van der Waals surface area (Å²) in [4.78, 5) is 0. The highest BCUT2D eigenvalue weighted by atomic mass is 79.9. The second-order valence-electron chi connectivity index (χ2n) is 3.23. The summed E-state index contributed by atoms with van der Waals surface area (Å²) in [5.74, 6) is -3.40. The summed E-state index contributed by atoms with van der Waals surface area (Å²) in [5, 5.41) is 0. The predicted octanol–water partition coefficient (Wildman–Crippen LogP) is 3.50. The Hall–Kier alpha value is -0.910. The second-order valence-corrected chi connectivity index (χ2v) is 4.14. The van der Waals surface area contributed by atoms with E-state index in [-0.39, 0.29) is 11.5 Å². The van der Waals surface area contributed by atoms with E-state index in [4.69, 9.17) is 0 Å². The smallest absolute Gasteiger partial charge is 0.445 e. The van der Waals surface area contributed by atoms with E-state index in [1.807, 2.05) is 0 Å². The van der Waals surface area contributed by atoms with Crippen LogP contribution >= 0.6 is 15.9 Å². The lowest BCUT2D eigenvalue weighted by Crippen LogP contribution is -2.53. The van der Waals surface area contributed by atoms with Crippen LogP contribution in [0.15, 0.2) is 22.7 Å². The molecule has 0 fully saturated rings. The minimum Gasteiger partial charge on any atom is -0.445 e. The molecule has 15 heavy (non-hydrogen) atoms. The van der Waals surface area contributed by atoms with Crippen LogP contribution in [0, 0.1) is 0 Å². The molecule has 1 heterocycles. The van der Waals surface area contributed by atoms with Gasteiger partial charge >= 0.3 is 12.0 Å². The number of hydrogen-bond acceptors (Lipinski definition) is 2. The first-order valence-corrected chi connectivity index (χ1v) is 4.85. The molecular formula is C9H6BrF3O2. The molecular weight excluding hydrogens is 277 g/mol. The van der Waals surface area contributed by atoms with E-state index in [9.17, 15) is 13.2 Å². The summed E-state index contributed by atoms with van der Waals surface area (Å²) in [7, 11) is 0. The molecule has 0 aromatic heterocycles. The summed E-state index contributed by atoms with van der Waals surface area (Å²) < 4.78 is 48.8. The zero-order chi connectivity index (χ0) is 11.3. The molecule has 1 atom stereocenters. The first-order valence-electron chi connectivity index (χ1n) is 4.06. The van der Waals surface area contributed by atoms with Gasteiger partial charge in [0.2, 0.25) is 0 Å². The Morgan fingerprint density at radius 1 is 1.13 bits per heavy atom. The van der Waals surface area contributed by atoms with E-state index in [1.165, 1.54) is 18.2 Å². The largest absolute Gasteiger partial charge is 0.471 e. The van der Waals surface area contributed by atoms with Crippen molar-refractivity contribution in [1.82, 2.24) is 0 Å². The van der Waals surface area contributed by atoms with E-state index < -0.39 is 12.0 Å². The lowest BCUT2D eigenvalue weighted by Gasteiger charge is -2.35. The molecule has 0 saturated carbocycles. The number of fused-ring (bicyclic) bond motifs is 1. The van der Waals surface area contributed by atoms with E-state index >= 15 is 0 Å². The van der Waals surface area contributed by atoms with Crippen LogP contribution in [0.2, 0.25) is 0 Å². The molecule has 0 saturated heterocycles. The van der Waals surface area contributed by atoms with Gasteiger partial charge in [0.1, 0.15) is 0 Å². The maximum atomic E-state index is 13.3. The maximum absolute atomic E-state index is 13.3. The Morgan fingerprint density at radius 2 is 1.80 bits per heavy atom. The summed E-state index contributed by atoms with van der Waals surface area (Å²) in [5.41, 5.74) is 0. The Balaban J connectivity index is 2.47. The molecule has 6 heteroatoms. The predicted molar refractivity (Wildman–Crippen MR) is 49.9 cm³/mol. The van der Waals surface area contributed by atoms with E-state index in [0.717, 1.165) is 0 Å². The summed E-state index contributed by atoms with van der Waals surface area (Å²) in [6.07, 6.45) is -3.99. The first-order chi connectivity index (χ1) is 6.82. The molecule has 82 valence electrons. The van der Waals surface area contributed by atoms with Gasteiger partial charge < -0.3 is 9.47 Å². The Morgan fingerprint density at radius 3 is 2.47 bits per heavy atom. The van der Waals surface area contributed by atoms with Crippen LogP contribution in [0.1, 0.15) is 6.92 Å². The average Bonchev–Trinajstić information content (AvgIpc) is 2.07. The van der Waals surface area contributed by atoms with Gasteiger partial charge in [-0.2, -0.15) is 13.2 Å². The minimum absolute atomic E-state index is 0.0553. The molecule has 2 rings (SSSR count). The number of benzene rings is 1. The summed E-state index contributed by atoms with van der Waals surface area (Å²) >= 11 is 3.11. The van der Waals surface area contributed by atoms with Gasteiger partial charge in [0.05, 0.1) is 0 Å². The third-order valence-electron chi connectivity index (χ3n) is 1.97. The zero-order valence-corrected chi connectivity index (χ0v) is 9.15. The lowest BCUT2D eigenvalue weighted by atomic mass is 10.2. The Bertz CT molecular complexity index is 406. The van der Waals surface area contributed by atoms with Crippen LogP contribution in [0.5, 0.6) is 11.5 Å². The van der Waals surface area contributed by atoms with Crippen LogP contribution in [0.4, 0.5) is 13.2 Å². The quantitative estimate of drug-likeness (QED) is 0.725. The first kappa shape index (κ1) is 10.6. The van der Waals surface area contributed by atoms with Gasteiger partial charge in [0.15, 0.2) is 11.5 Å². The normalized spacial score (nSPS) is 27.5. The van der Waals surface area contributed by atoms with Crippen molar-refractivity contribution in [2.45, 2.75) is 18.9 Å². The summed E-state index contributed by atoms with van der Waals surface area (Å²) in [6, 6.07) is 4.14. The molecule has 0 bridgehead atoms. The fourth-order valence-electron chi connectivity index (χ4n) is 1.14. The maximum Gasteiger partial charge on any atom is 0.471 e. The molecule has 1 aliphatic heterocycles. The number of halogens is 4. The van der Waals surface area contributed by atoms with Crippen molar-refractivity contribution in [2.24, 2.45) is 0 Å². The van der Waals surface area contributed by atoms with Crippen LogP contribution in [0.3, 0.4) is 0 Å². The van der Waals surface area contributed by atoms with Crippen molar-refractivity contribution in [1.29, 1.82) is 0 Å². The Labute approximate surface area is 92.1 Å². The van der Waals surface area contributed by atoms with E-state index in [2.05, 4.69) is 25.4 Å². The number of ether oxygens (including phenoxy) is 2. The van der Waals surface area contributed by atoms with E-state index in [1.54, 1.807) is 0 Å². The van der Waals surface area contributed by atoms with Gasteiger partial charge in [-0.15, -0.1) is 0 Å². The number of hydrogen-bond donors (Lipinski definition) is 0. The van der Waals surface area contributed by atoms with E-state index in [0.29, 0.717) is 11.4 Å². The topological polar surface area (TPSA) is 18.5 Å². The molecule has 1 unspecified atom stereocenters. The van der Waals surface area contributed by atoms with Crippen molar-refractivity contribution in [2.75, 3.05) is 0 Å². The van der Waals surface area contributed by atoms with Gasteiger partial charge in [-0.05, 0) is 18.2 Å². The molecule has 0 spiro atoms. The fraction of sp³-hybridized carbons (Fsp3) is 0.333. The number of rotatable bonds is 0. The van der Waals surface area contributed by atoms with Gasteiger partial charge in [0, 0.05) is 11.4 Å². The lowest BCUT2D eigenvalue weighted by molar-refractivity contribution is -0.332. The highest BCUT2D eigenvalue weighted by Gasteiger charge is 2.60.